The average molecular weight is 291 g/mol. The van der Waals surface area contributed by atoms with Crippen molar-refractivity contribution in [1.82, 2.24) is 5.32 Å². The second kappa shape index (κ2) is 5.28. The molecular weight excluding hydrogens is 281 g/mol. The average Bonchev–Trinajstić information content (AvgIpc) is 2.14. The van der Waals surface area contributed by atoms with Crippen molar-refractivity contribution < 1.29 is 9.59 Å². The summed E-state index contributed by atoms with van der Waals surface area (Å²) < 4.78 is 0.607. The van der Waals surface area contributed by atoms with Crippen molar-refractivity contribution in [2.45, 2.75) is 6.92 Å². The van der Waals surface area contributed by atoms with E-state index in [1.165, 1.54) is 6.92 Å². The van der Waals surface area contributed by atoms with E-state index in [0.29, 0.717) is 15.1 Å². The summed E-state index contributed by atoms with van der Waals surface area (Å²) in [6.45, 7) is 1.45. The summed E-state index contributed by atoms with van der Waals surface area (Å²) in [5.41, 5.74) is 0.459. The Bertz CT molecular complexity index is 406. The molecule has 0 bridgehead atoms. The SMILES string of the molecule is CC(=O)CNC(=O)c1ccc(Cl)cc1Br. The van der Waals surface area contributed by atoms with Crippen molar-refractivity contribution in [1.29, 1.82) is 0 Å². The Hall–Kier alpha value is -0.870. The zero-order valence-electron chi connectivity index (χ0n) is 8.01. The lowest BCUT2D eigenvalue weighted by Crippen LogP contribution is -2.28. The van der Waals surface area contributed by atoms with Gasteiger partial charge in [-0.2, -0.15) is 0 Å². The number of nitrogens with one attached hydrogen (secondary N) is 1. The molecule has 1 aromatic rings. The fourth-order valence-electron chi connectivity index (χ4n) is 0.974. The van der Waals surface area contributed by atoms with Gasteiger partial charge in [0, 0.05) is 9.50 Å². The van der Waals surface area contributed by atoms with Crippen molar-refractivity contribution in [2.75, 3.05) is 6.54 Å². The van der Waals surface area contributed by atoms with Gasteiger partial charge in [0.15, 0.2) is 0 Å². The van der Waals surface area contributed by atoms with Crippen molar-refractivity contribution in [3.63, 3.8) is 0 Å². The molecule has 0 unspecified atom stereocenters. The lowest BCUT2D eigenvalue weighted by atomic mass is 10.2. The van der Waals surface area contributed by atoms with Crippen LogP contribution >= 0.6 is 27.5 Å². The van der Waals surface area contributed by atoms with Gasteiger partial charge in [0.1, 0.15) is 5.78 Å². The van der Waals surface area contributed by atoms with Gasteiger partial charge in [-0.25, -0.2) is 0 Å². The van der Waals surface area contributed by atoms with Crippen LogP contribution in [0.15, 0.2) is 22.7 Å². The Labute approximate surface area is 101 Å². The molecule has 0 radical (unpaired) electrons. The zero-order valence-corrected chi connectivity index (χ0v) is 10.4. The summed E-state index contributed by atoms with van der Waals surface area (Å²) in [5.74, 6) is -0.387. The first-order valence-electron chi connectivity index (χ1n) is 4.23. The van der Waals surface area contributed by atoms with Gasteiger partial charge >= 0.3 is 0 Å². The summed E-state index contributed by atoms with van der Waals surface area (Å²) in [7, 11) is 0. The Balaban J connectivity index is 2.78. The Morgan fingerprint density at radius 1 is 1.47 bits per heavy atom. The molecule has 0 spiro atoms. The highest BCUT2D eigenvalue weighted by atomic mass is 79.9. The second-order valence-corrected chi connectivity index (χ2v) is 4.30. The zero-order chi connectivity index (χ0) is 11.4. The fourth-order valence-corrected chi connectivity index (χ4v) is 1.84. The van der Waals surface area contributed by atoms with Crippen LogP contribution in [-0.4, -0.2) is 18.2 Å². The van der Waals surface area contributed by atoms with Crippen LogP contribution in [-0.2, 0) is 4.79 Å². The topological polar surface area (TPSA) is 46.2 Å². The molecule has 1 rings (SSSR count). The number of carbonyl (C=O) groups excluding carboxylic acids is 2. The maximum Gasteiger partial charge on any atom is 0.252 e. The molecule has 0 aliphatic heterocycles. The fraction of sp³-hybridized carbons (Fsp3) is 0.200. The predicted molar refractivity (Wildman–Crippen MR) is 62.2 cm³/mol. The third-order valence-corrected chi connectivity index (χ3v) is 2.56. The largest absolute Gasteiger partial charge is 0.345 e. The summed E-state index contributed by atoms with van der Waals surface area (Å²) in [6, 6.07) is 4.85. The molecule has 0 aliphatic carbocycles. The molecule has 0 saturated carbocycles. The third-order valence-electron chi connectivity index (χ3n) is 1.67. The molecule has 0 aromatic heterocycles. The van der Waals surface area contributed by atoms with Gasteiger partial charge in [0.2, 0.25) is 0 Å². The Morgan fingerprint density at radius 2 is 2.13 bits per heavy atom. The molecular formula is C10H9BrClNO2. The van der Waals surface area contributed by atoms with Crippen molar-refractivity contribution >= 4 is 39.2 Å². The van der Waals surface area contributed by atoms with Crippen LogP contribution in [0.25, 0.3) is 0 Å². The minimum Gasteiger partial charge on any atom is -0.345 e. The Morgan fingerprint density at radius 3 is 2.67 bits per heavy atom. The summed E-state index contributed by atoms with van der Waals surface area (Å²) >= 11 is 8.96. The molecule has 1 amide bonds. The minimum absolute atomic E-state index is 0.0356. The van der Waals surface area contributed by atoms with Gasteiger partial charge in [-0.05, 0) is 41.1 Å². The minimum atomic E-state index is -0.297. The maximum atomic E-state index is 11.5. The van der Waals surface area contributed by atoms with Crippen molar-refractivity contribution in [3.05, 3.63) is 33.3 Å². The van der Waals surface area contributed by atoms with Crippen molar-refractivity contribution in [3.8, 4) is 0 Å². The molecule has 3 nitrogen and oxygen atoms in total. The first-order chi connectivity index (χ1) is 7.00. The molecule has 0 heterocycles. The van der Waals surface area contributed by atoms with Crippen LogP contribution in [0.3, 0.4) is 0 Å². The predicted octanol–water partition coefficient (Wildman–Crippen LogP) is 2.42. The number of hydrogen-bond donors (Lipinski definition) is 1. The number of ketones is 1. The Kier molecular flexibility index (Phi) is 4.29. The molecule has 1 N–H and O–H groups in total. The van der Waals surface area contributed by atoms with Gasteiger partial charge < -0.3 is 5.32 Å². The van der Waals surface area contributed by atoms with E-state index in [1.54, 1.807) is 18.2 Å². The van der Waals surface area contributed by atoms with E-state index in [-0.39, 0.29) is 18.2 Å². The number of benzene rings is 1. The van der Waals surface area contributed by atoms with Crippen LogP contribution in [0.2, 0.25) is 5.02 Å². The maximum absolute atomic E-state index is 11.5. The number of rotatable bonds is 3. The van der Waals surface area contributed by atoms with Crippen LogP contribution in [0.4, 0.5) is 0 Å². The van der Waals surface area contributed by atoms with Gasteiger partial charge in [0.05, 0.1) is 12.1 Å². The molecule has 1 aromatic carbocycles. The van der Waals surface area contributed by atoms with E-state index in [2.05, 4.69) is 21.2 Å². The normalized spacial score (nSPS) is 9.80. The summed E-state index contributed by atoms with van der Waals surface area (Å²) in [6.07, 6.45) is 0. The van der Waals surface area contributed by atoms with Gasteiger partial charge in [-0.15, -0.1) is 0 Å². The molecule has 0 atom stereocenters. The van der Waals surface area contributed by atoms with Gasteiger partial charge in [-0.1, -0.05) is 11.6 Å². The van der Waals surface area contributed by atoms with E-state index in [1.807, 2.05) is 0 Å². The van der Waals surface area contributed by atoms with E-state index < -0.39 is 0 Å². The smallest absolute Gasteiger partial charge is 0.252 e. The first-order valence-corrected chi connectivity index (χ1v) is 5.40. The summed E-state index contributed by atoms with van der Waals surface area (Å²) in [4.78, 5) is 22.2. The quantitative estimate of drug-likeness (QED) is 0.929. The number of hydrogen-bond acceptors (Lipinski definition) is 2. The van der Waals surface area contributed by atoms with E-state index in [4.69, 9.17) is 11.6 Å². The molecule has 0 saturated heterocycles. The standard InChI is InChI=1S/C10H9BrClNO2/c1-6(14)5-13-10(15)8-3-2-7(12)4-9(8)11/h2-4H,5H2,1H3,(H,13,15). The first kappa shape index (κ1) is 12.2. The molecule has 0 aliphatic rings. The number of halogens is 2. The molecule has 0 fully saturated rings. The lowest BCUT2D eigenvalue weighted by Gasteiger charge is -2.05. The van der Waals surface area contributed by atoms with Crippen LogP contribution in [0, 0.1) is 0 Å². The van der Waals surface area contributed by atoms with Gasteiger partial charge in [-0.3, -0.25) is 9.59 Å². The molecule has 5 heteroatoms. The van der Waals surface area contributed by atoms with E-state index >= 15 is 0 Å². The van der Waals surface area contributed by atoms with Gasteiger partial charge in [0.25, 0.3) is 5.91 Å². The van der Waals surface area contributed by atoms with Crippen LogP contribution in [0.5, 0.6) is 0 Å². The summed E-state index contributed by atoms with van der Waals surface area (Å²) in [5, 5.41) is 3.04. The molecule has 15 heavy (non-hydrogen) atoms. The second-order valence-electron chi connectivity index (χ2n) is 3.01. The number of amides is 1. The number of carbonyl (C=O) groups is 2. The van der Waals surface area contributed by atoms with Crippen molar-refractivity contribution in [2.24, 2.45) is 0 Å². The highest BCUT2D eigenvalue weighted by Gasteiger charge is 2.10. The van der Waals surface area contributed by atoms with E-state index in [9.17, 15) is 9.59 Å². The monoisotopic (exact) mass is 289 g/mol. The lowest BCUT2D eigenvalue weighted by molar-refractivity contribution is -0.116. The van der Waals surface area contributed by atoms with Crippen LogP contribution < -0.4 is 5.32 Å². The number of Topliss-reactive ketones (excluding diaryl/α,β-unsaturated/α-hetero) is 1. The highest BCUT2D eigenvalue weighted by Crippen LogP contribution is 2.21. The van der Waals surface area contributed by atoms with E-state index in [0.717, 1.165) is 0 Å². The van der Waals surface area contributed by atoms with Crippen LogP contribution in [0.1, 0.15) is 17.3 Å². The molecule has 80 valence electrons. The highest BCUT2D eigenvalue weighted by molar-refractivity contribution is 9.10. The third kappa shape index (κ3) is 3.64.